The van der Waals surface area contributed by atoms with Gasteiger partial charge in [0.15, 0.2) is 6.10 Å². The topological polar surface area (TPSA) is 61.8 Å². The molecular weight excluding hydrogens is 837 g/mol. The van der Waals surface area contributed by atoms with Gasteiger partial charge in [-0.3, -0.25) is 9.59 Å². The largest absolute Gasteiger partial charge is 0.462 e. The molecule has 0 aromatic rings. The van der Waals surface area contributed by atoms with Gasteiger partial charge in [0.25, 0.3) is 0 Å². The molecule has 0 N–H and O–H groups in total. The Balaban J connectivity index is 4.35. The number of unbranched alkanes of at least 4 members (excludes halogenated alkanes) is 22. The molecule has 0 fully saturated rings. The highest BCUT2D eigenvalue weighted by Crippen LogP contribution is 2.14. The van der Waals surface area contributed by atoms with Gasteiger partial charge in [0.2, 0.25) is 0 Å². The number of hydrogen-bond acceptors (Lipinski definition) is 5. The molecular formula is C63H106O5. The zero-order chi connectivity index (χ0) is 49.2. The Morgan fingerprint density at radius 2 is 0.662 bits per heavy atom. The van der Waals surface area contributed by atoms with Gasteiger partial charge in [0.1, 0.15) is 6.61 Å². The summed E-state index contributed by atoms with van der Waals surface area (Å²) in [6.45, 7) is 7.54. The average molecular weight is 944 g/mol. The summed E-state index contributed by atoms with van der Waals surface area (Å²) in [5.41, 5.74) is 0. The molecule has 0 aliphatic carbocycles. The fraction of sp³-hybridized carbons (Fsp3) is 0.683. The van der Waals surface area contributed by atoms with Crippen LogP contribution in [0, 0.1) is 0 Å². The first-order chi connectivity index (χ1) is 33.6. The molecule has 5 heteroatoms. The van der Waals surface area contributed by atoms with Gasteiger partial charge in [-0.15, -0.1) is 0 Å². The van der Waals surface area contributed by atoms with Crippen molar-refractivity contribution in [2.45, 2.75) is 258 Å². The molecule has 0 rings (SSSR count). The van der Waals surface area contributed by atoms with Crippen LogP contribution < -0.4 is 0 Å². The summed E-state index contributed by atoms with van der Waals surface area (Å²) in [7, 11) is 0. The van der Waals surface area contributed by atoms with Crippen molar-refractivity contribution in [1.82, 2.24) is 0 Å². The number of ether oxygens (including phenoxy) is 3. The number of rotatable bonds is 51. The van der Waals surface area contributed by atoms with Gasteiger partial charge in [-0.05, 0) is 122 Å². The standard InChI is InChI=1S/C63H106O5/c1-4-7-10-13-16-19-22-25-28-30-32-33-36-38-41-44-47-50-53-56-62(64)67-60-61(68-63(65)57-54-51-48-45-42-39-35-27-24-21-18-15-12-9-6-3)59-66-58-55-52-49-46-43-40-37-34-31-29-26-23-20-17-14-11-8-5-2/h8-9,11-12,16-21,25-29,32-33,35,61H,4-7,10,13-15,22-24,30-31,34,36-60H2,1-3H3/b11-8-,12-9-,19-16-,20-17-,21-18-,28-25-,29-26-,33-32-,35-27-. The lowest BCUT2D eigenvalue weighted by Crippen LogP contribution is -2.30. The molecule has 0 spiro atoms. The van der Waals surface area contributed by atoms with E-state index in [1.165, 1.54) is 103 Å². The maximum atomic E-state index is 12.8. The van der Waals surface area contributed by atoms with E-state index in [0.29, 0.717) is 19.4 Å². The molecule has 5 nitrogen and oxygen atoms in total. The van der Waals surface area contributed by atoms with Crippen LogP contribution in [0.2, 0.25) is 0 Å². The quantitative estimate of drug-likeness (QED) is 0.0345. The highest BCUT2D eigenvalue weighted by molar-refractivity contribution is 5.70. The molecule has 0 aromatic heterocycles. The summed E-state index contributed by atoms with van der Waals surface area (Å²) in [6, 6.07) is 0. The Hall–Kier alpha value is -3.44. The van der Waals surface area contributed by atoms with Crippen molar-refractivity contribution in [2.24, 2.45) is 0 Å². The number of carbonyl (C=O) groups is 2. The Morgan fingerprint density at radius 1 is 0.338 bits per heavy atom. The van der Waals surface area contributed by atoms with Crippen molar-refractivity contribution >= 4 is 11.9 Å². The predicted octanol–water partition coefficient (Wildman–Crippen LogP) is 19.6. The van der Waals surface area contributed by atoms with Gasteiger partial charge >= 0.3 is 11.9 Å². The molecule has 0 radical (unpaired) electrons. The summed E-state index contributed by atoms with van der Waals surface area (Å²) in [5.74, 6) is -0.436. The van der Waals surface area contributed by atoms with Crippen LogP contribution in [-0.4, -0.2) is 37.9 Å². The first kappa shape index (κ1) is 64.6. The predicted molar refractivity (Wildman–Crippen MR) is 297 cm³/mol. The molecule has 0 heterocycles. The summed E-state index contributed by atoms with van der Waals surface area (Å²) in [6.07, 6.45) is 79.6. The summed E-state index contributed by atoms with van der Waals surface area (Å²) in [5, 5.41) is 0. The second-order valence-electron chi connectivity index (χ2n) is 18.4. The first-order valence-electron chi connectivity index (χ1n) is 28.4. The minimum atomic E-state index is -0.562. The van der Waals surface area contributed by atoms with E-state index in [2.05, 4.69) is 130 Å². The van der Waals surface area contributed by atoms with E-state index >= 15 is 0 Å². The van der Waals surface area contributed by atoms with E-state index in [1.807, 2.05) is 0 Å². The number of carbonyl (C=O) groups excluding carboxylic acids is 2. The second kappa shape index (κ2) is 57.9. The van der Waals surface area contributed by atoms with Gasteiger partial charge in [-0.25, -0.2) is 0 Å². The van der Waals surface area contributed by atoms with E-state index in [1.54, 1.807) is 0 Å². The van der Waals surface area contributed by atoms with Crippen LogP contribution in [0.25, 0.3) is 0 Å². The molecule has 388 valence electrons. The average Bonchev–Trinajstić information content (AvgIpc) is 3.34. The second-order valence-corrected chi connectivity index (χ2v) is 18.4. The normalized spacial score (nSPS) is 13.0. The fourth-order valence-corrected chi connectivity index (χ4v) is 7.60. The fourth-order valence-electron chi connectivity index (χ4n) is 7.60. The lowest BCUT2D eigenvalue weighted by atomic mass is 10.1. The van der Waals surface area contributed by atoms with Crippen LogP contribution in [0.5, 0.6) is 0 Å². The Labute approximate surface area is 421 Å². The highest BCUT2D eigenvalue weighted by Gasteiger charge is 2.17. The molecule has 0 aliphatic rings. The van der Waals surface area contributed by atoms with Gasteiger partial charge in [-0.1, -0.05) is 226 Å². The van der Waals surface area contributed by atoms with Gasteiger partial charge in [-0.2, -0.15) is 0 Å². The van der Waals surface area contributed by atoms with Crippen LogP contribution in [-0.2, 0) is 23.8 Å². The maximum absolute atomic E-state index is 12.8. The van der Waals surface area contributed by atoms with Crippen molar-refractivity contribution in [2.75, 3.05) is 19.8 Å². The Morgan fingerprint density at radius 3 is 1.06 bits per heavy atom. The molecule has 0 saturated heterocycles. The molecule has 0 bridgehead atoms. The van der Waals surface area contributed by atoms with Crippen LogP contribution in [0.1, 0.15) is 252 Å². The van der Waals surface area contributed by atoms with Crippen molar-refractivity contribution in [3.8, 4) is 0 Å². The van der Waals surface area contributed by atoms with E-state index in [-0.39, 0.29) is 25.2 Å². The molecule has 0 saturated carbocycles. The summed E-state index contributed by atoms with van der Waals surface area (Å²) < 4.78 is 17.5. The van der Waals surface area contributed by atoms with Crippen molar-refractivity contribution in [3.63, 3.8) is 0 Å². The third kappa shape index (κ3) is 55.2. The minimum Gasteiger partial charge on any atom is -0.462 e. The lowest BCUT2D eigenvalue weighted by molar-refractivity contribution is -0.163. The maximum Gasteiger partial charge on any atom is 0.306 e. The van der Waals surface area contributed by atoms with Crippen LogP contribution in [0.3, 0.4) is 0 Å². The molecule has 1 unspecified atom stereocenters. The molecule has 1 atom stereocenters. The van der Waals surface area contributed by atoms with Crippen LogP contribution >= 0.6 is 0 Å². The zero-order valence-corrected chi connectivity index (χ0v) is 44.6. The van der Waals surface area contributed by atoms with Crippen molar-refractivity contribution < 1.29 is 23.8 Å². The molecule has 0 aliphatic heterocycles. The van der Waals surface area contributed by atoms with E-state index in [0.717, 1.165) is 116 Å². The van der Waals surface area contributed by atoms with Gasteiger partial charge in [0, 0.05) is 19.4 Å². The number of hydrogen-bond donors (Lipinski definition) is 0. The number of esters is 2. The van der Waals surface area contributed by atoms with Crippen LogP contribution in [0.4, 0.5) is 0 Å². The monoisotopic (exact) mass is 943 g/mol. The van der Waals surface area contributed by atoms with Crippen LogP contribution in [0.15, 0.2) is 109 Å². The third-order valence-electron chi connectivity index (χ3n) is 11.8. The first-order valence-corrected chi connectivity index (χ1v) is 28.4. The van der Waals surface area contributed by atoms with E-state index in [4.69, 9.17) is 14.2 Å². The SMILES string of the molecule is CC/C=C\C/C=C\C/C=C\CCCCCCCCCCOCC(COC(=O)CCCCCCCC/C=C\C/C=C\C/C=C\CCCCC)OC(=O)CCCCCCC/C=C\C/C=C\C/C=C\CC. The zero-order valence-electron chi connectivity index (χ0n) is 44.6. The van der Waals surface area contributed by atoms with Crippen molar-refractivity contribution in [3.05, 3.63) is 109 Å². The summed E-state index contributed by atoms with van der Waals surface area (Å²) >= 11 is 0. The van der Waals surface area contributed by atoms with Gasteiger partial charge < -0.3 is 14.2 Å². The third-order valence-corrected chi connectivity index (χ3v) is 11.8. The molecule has 0 aromatic carbocycles. The highest BCUT2D eigenvalue weighted by atomic mass is 16.6. The summed E-state index contributed by atoms with van der Waals surface area (Å²) in [4.78, 5) is 25.5. The number of allylic oxidation sites excluding steroid dienone is 18. The Bertz CT molecular complexity index is 1340. The lowest BCUT2D eigenvalue weighted by Gasteiger charge is -2.18. The molecule has 68 heavy (non-hydrogen) atoms. The smallest absolute Gasteiger partial charge is 0.306 e. The van der Waals surface area contributed by atoms with Gasteiger partial charge in [0.05, 0.1) is 6.61 Å². The molecule has 0 amide bonds. The van der Waals surface area contributed by atoms with E-state index < -0.39 is 6.10 Å². The van der Waals surface area contributed by atoms with Crippen molar-refractivity contribution in [1.29, 1.82) is 0 Å². The minimum absolute atomic E-state index is 0.0626. The Kier molecular flexibility index (Phi) is 54.9. The van der Waals surface area contributed by atoms with E-state index in [9.17, 15) is 9.59 Å².